The Morgan fingerprint density at radius 1 is 1.09 bits per heavy atom. The van der Waals surface area contributed by atoms with Crippen molar-refractivity contribution >= 4 is 62.5 Å². The maximum atomic E-state index is 13.4. The Morgan fingerprint density at radius 2 is 1.84 bits per heavy atom. The molecule has 0 spiro atoms. The van der Waals surface area contributed by atoms with E-state index in [9.17, 15) is 9.59 Å². The van der Waals surface area contributed by atoms with Crippen LogP contribution < -0.4 is 19.9 Å². The summed E-state index contributed by atoms with van der Waals surface area (Å²) in [6, 6.07) is 11.4. The molecule has 0 bridgehead atoms. The summed E-state index contributed by atoms with van der Waals surface area (Å²) in [4.78, 5) is 29.7. The van der Waals surface area contributed by atoms with Gasteiger partial charge in [-0.2, -0.15) is 0 Å². The largest absolute Gasteiger partial charge is 0.496 e. The molecule has 2 aliphatic rings. The predicted molar refractivity (Wildman–Crippen MR) is 134 cm³/mol. The van der Waals surface area contributed by atoms with E-state index in [2.05, 4.69) is 26.1 Å². The molecule has 2 heterocycles. The summed E-state index contributed by atoms with van der Waals surface area (Å²) < 4.78 is 6.49. The average molecular weight is 514 g/mol. The van der Waals surface area contributed by atoms with Crippen LogP contribution in [-0.4, -0.2) is 37.1 Å². The van der Waals surface area contributed by atoms with Gasteiger partial charge in [-0.1, -0.05) is 15.9 Å². The average Bonchev–Trinajstić information content (AvgIpc) is 2.78. The maximum absolute atomic E-state index is 13.4. The number of amides is 2. The summed E-state index contributed by atoms with van der Waals surface area (Å²) in [6.45, 7) is 3.92. The predicted octanol–water partition coefficient (Wildman–Crippen LogP) is 4.59. The number of ether oxygens (including phenoxy) is 1. The number of nitrogens with zero attached hydrogens (tertiary/aromatic N) is 2. The minimum absolute atomic E-state index is 0.00458. The fourth-order valence-corrected chi connectivity index (χ4v) is 4.82. The molecule has 2 aliphatic heterocycles. The number of benzene rings is 2. The first-order valence-electron chi connectivity index (χ1n) is 10.5. The van der Waals surface area contributed by atoms with Crippen LogP contribution in [0.4, 0.5) is 11.4 Å². The fraction of sp³-hybridized carbons (Fsp3) is 0.292. The summed E-state index contributed by atoms with van der Waals surface area (Å²) in [5, 5.41) is 2.70. The van der Waals surface area contributed by atoms with Gasteiger partial charge in [0.05, 0.1) is 12.8 Å². The second-order valence-corrected chi connectivity index (χ2v) is 9.16. The molecule has 0 aliphatic carbocycles. The van der Waals surface area contributed by atoms with Crippen LogP contribution in [0.2, 0.25) is 0 Å². The smallest absolute Gasteiger partial charge is 0.270 e. The lowest BCUT2D eigenvalue weighted by Crippen LogP contribution is -2.54. The summed E-state index contributed by atoms with van der Waals surface area (Å²) in [5.41, 5.74) is 3.23. The Bertz CT molecular complexity index is 1130. The number of methoxy groups -OCH3 is 1. The molecule has 0 aromatic heterocycles. The Morgan fingerprint density at radius 3 is 2.53 bits per heavy atom. The maximum Gasteiger partial charge on any atom is 0.270 e. The van der Waals surface area contributed by atoms with Gasteiger partial charge in [-0.15, -0.1) is 0 Å². The zero-order valence-electron chi connectivity index (χ0n) is 18.0. The van der Waals surface area contributed by atoms with E-state index in [0.29, 0.717) is 17.0 Å². The minimum Gasteiger partial charge on any atom is -0.496 e. The lowest BCUT2D eigenvalue weighted by atomic mass is 10.0. The first-order chi connectivity index (χ1) is 15.4. The van der Waals surface area contributed by atoms with Crippen molar-refractivity contribution in [1.29, 1.82) is 0 Å². The van der Waals surface area contributed by atoms with Crippen molar-refractivity contribution in [2.24, 2.45) is 0 Å². The summed E-state index contributed by atoms with van der Waals surface area (Å²) in [6.07, 6.45) is 5.17. The van der Waals surface area contributed by atoms with Crippen LogP contribution in [-0.2, 0) is 9.59 Å². The van der Waals surface area contributed by atoms with Crippen molar-refractivity contribution < 1.29 is 14.3 Å². The van der Waals surface area contributed by atoms with Crippen LogP contribution in [0.3, 0.4) is 0 Å². The van der Waals surface area contributed by atoms with Crippen molar-refractivity contribution in [1.82, 2.24) is 5.32 Å². The minimum atomic E-state index is -0.520. The standard InChI is InChI=1S/C24H24BrN3O3S/c1-15-12-17(25)7-9-20(15)28-23(30)19(22(29)26-24(28)32)13-16-6-8-18(14-21(16)31-2)27-10-4-3-5-11-27/h6-9,12-14H,3-5,10-11H2,1-2H3,(H,26,29,32)/b19-13+. The van der Waals surface area contributed by atoms with Crippen molar-refractivity contribution in [2.75, 3.05) is 30.0 Å². The molecular weight excluding hydrogens is 490 g/mol. The molecule has 2 fully saturated rings. The number of rotatable bonds is 4. The first kappa shape index (κ1) is 22.5. The van der Waals surface area contributed by atoms with Gasteiger partial charge in [-0.05, 0) is 80.4 Å². The van der Waals surface area contributed by atoms with Gasteiger partial charge in [0, 0.05) is 34.9 Å². The van der Waals surface area contributed by atoms with Crippen LogP contribution in [0.15, 0.2) is 46.4 Å². The zero-order valence-corrected chi connectivity index (χ0v) is 20.4. The second-order valence-electron chi connectivity index (χ2n) is 7.86. The van der Waals surface area contributed by atoms with E-state index < -0.39 is 11.8 Å². The molecule has 2 aromatic rings. The van der Waals surface area contributed by atoms with E-state index in [1.165, 1.54) is 24.2 Å². The molecule has 166 valence electrons. The third kappa shape index (κ3) is 4.42. The topological polar surface area (TPSA) is 61.9 Å². The third-order valence-electron chi connectivity index (χ3n) is 5.74. The SMILES string of the molecule is COc1cc(N2CCCCC2)ccc1/C=C1\C(=O)NC(=S)N(c2ccc(Br)cc2C)C1=O. The third-order valence-corrected chi connectivity index (χ3v) is 6.52. The highest BCUT2D eigenvalue weighted by Gasteiger charge is 2.35. The summed E-state index contributed by atoms with van der Waals surface area (Å²) >= 11 is 8.75. The monoisotopic (exact) mass is 513 g/mol. The van der Waals surface area contributed by atoms with Gasteiger partial charge in [0.2, 0.25) is 0 Å². The molecule has 0 unspecified atom stereocenters. The van der Waals surface area contributed by atoms with Crippen LogP contribution in [0, 0.1) is 6.92 Å². The van der Waals surface area contributed by atoms with Crippen LogP contribution in [0.1, 0.15) is 30.4 Å². The molecule has 32 heavy (non-hydrogen) atoms. The van der Waals surface area contributed by atoms with E-state index >= 15 is 0 Å². The van der Waals surface area contributed by atoms with Crippen LogP contribution in [0.5, 0.6) is 5.75 Å². The van der Waals surface area contributed by atoms with Gasteiger partial charge in [0.15, 0.2) is 5.11 Å². The molecule has 2 aromatic carbocycles. The number of carbonyl (C=O) groups excluding carboxylic acids is 2. The van der Waals surface area contributed by atoms with Crippen LogP contribution >= 0.6 is 28.1 Å². The highest BCUT2D eigenvalue weighted by Crippen LogP contribution is 2.31. The molecule has 6 nitrogen and oxygen atoms in total. The van der Waals surface area contributed by atoms with Gasteiger partial charge in [-0.25, -0.2) is 0 Å². The number of thiocarbonyl (C=S) groups is 1. The van der Waals surface area contributed by atoms with Gasteiger partial charge in [-0.3, -0.25) is 19.8 Å². The lowest BCUT2D eigenvalue weighted by molar-refractivity contribution is -0.122. The van der Waals surface area contributed by atoms with Crippen molar-refractivity contribution in [3.63, 3.8) is 0 Å². The molecule has 4 rings (SSSR count). The summed E-state index contributed by atoms with van der Waals surface area (Å²) in [7, 11) is 1.59. The normalized spacial score (nSPS) is 18.2. The first-order valence-corrected chi connectivity index (χ1v) is 11.7. The molecule has 8 heteroatoms. The number of piperidine rings is 1. The molecule has 2 amide bonds. The highest BCUT2D eigenvalue weighted by molar-refractivity contribution is 9.10. The van der Waals surface area contributed by atoms with E-state index in [4.69, 9.17) is 17.0 Å². The molecular formula is C24H24BrN3O3S. The van der Waals surface area contributed by atoms with Crippen LogP contribution in [0.25, 0.3) is 6.08 Å². The van der Waals surface area contributed by atoms with Gasteiger partial charge < -0.3 is 9.64 Å². The van der Waals surface area contributed by atoms with Crippen molar-refractivity contribution in [2.45, 2.75) is 26.2 Å². The highest BCUT2D eigenvalue weighted by atomic mass is 79.9. The molecule has 0 atom stereocenters. The lowest BCUT2D eigenvalue weighted by Gasteiger charge is -2.30. The van der Waals surface area contributed by atoms with Crippen molar-refractivity contribution in [3.8, 4) is 5.75 Å². The number of hydrogen-bond acceptors (Lipinski definition) is 5. The number of anilines is 2. The number of nitrogens with one attached hydrogen (secondary N) is 1. The molecule has 0 saturated carbocycles. The Labute approximate surface area is 201 Å². The zero-order chi connectivity index (χ0) is 22.8. The Kier molecular flexibility index (Phi) is 6.62. The Balaban J connectivity index is 1.69. The molecule has 1 N–H and O–H groups in total. The van der Waals surface area contributed by atoms with E-state index in [-0.39, 0.29) is 10.7 Å². The van der Waals surface area contributed by atoms with Crippen molar-refractivity contribution in [3.05, 3.63) is 57.6 Å². The second kappa shape index (κ2) is 9.42. The Hall–Kier alpha value is -2.71. The molecule has 0 radical (unpaired) electrons. The molecule has 2 saturated heterocycles. The van der Waals surface area contributed by atoms with E-state index in [1.807, 2.05) is 37.3 Å². The number of carbonyl (C=O) groups is 2. The number of halogens is 1. The fourth-order valence-electron chi connectivity index (χ4n) is 4.07. The summed E-state index contributed by atoms with van der Waals surface area (Å²) in [5.74, 6) is -0.375. The van der Waals surface area contributed by atoms with Gasteiger partial charge in [0.25, 0.3) is 11.8 Å². The van der Waals surface area contributed by atoms with Gasteiger partial charge >= 0.3 is 0 Å². The number of aryl methyl sites for hydroxylation is 1. The quantitative estimate of drug-likeness (QED) is 0.368. The number of hydrogen-bond donors (Lipinski definition) is 1. The van der Waals surface area contributed by atoms with E-state index in [1.54, 1.807) is 19.3 Å². The van der Waals surface area contributed by atoms with Gasteiger partial charge in [0.1, 0.15) is 11.3 Å². The van der Waals surface area contributed by atoms with E-state index in [0.717, 1.165) is 28.8 Å².